The predicted octanol–water partition coefficient (Wildman–Crippen LogP) is 2.18. The van der Waals surface area contributed by atoms with E-state index in [4.69, 9.17) is 0 Å². The van der Waals surface area contributed by atoms with E-state index in [1.807, 2.05) is 0 Å². The fourth-order valence-electron chi connectivity index (χ4n) is 2.43. The molecule has 0 aliphatic carbocycles. The highest BCUT2D eigenvalue weighted by Gasteiger charge is 2.23. The van der Waals surface area contributed by atoms with Gasteiger partial charge in [0, 0.05) is 18.6 Å². The van der Waals surface area contributed by atoms with E-state index >= 15 is 0 Å². The molecular formula is C18H17FN2O5. The summed E-state index contributed by atoms with van der Waals surface area (Å²) in [5.41, 5.74) is 0.552. The summed E-state index contributed by atoms with van der Waals surface area (Å²) in [6.07, 6.45) is -0.230. The highest BCUT2D eigenvalue weighted by atomic mass is 19.1. The lowest BCUT2D eigenvalue weighted by Gasteiger charge is -2.17. The van der Waals surface area contributed by atoms with Crippen molar-refractivity contribution in [2.75, 3.05) is 7.11 Å². The van der Waals surface area contributed by atoms with E-state index in [2.05, 4.69) is 10.1 Å². The lowest BCUT2D eigenvalue weighted by molar-refractivity contribution is -0.384. The minimum Gasteiger partial charge on any atom is -0.467 e. The third-order valence-electron chi connectivity index (χ3n) is 3.69. The first-order chi connectivity index (χ1) is 12.4. The van der Waals surface area contributed by atoms with Gasteiger partial charge in [-0.2, -0.15) is 0 Å². The molecule has 0 radical (unpaired) electrons. The summed E-state index contributed by atoms with van der Waals surface area (Å²) < 4.78 is 18.5. The molecule has 8 heteroatoms. The van der Waals surface area contributed by atoms with Crippen LogP contribution in [0.2, 0.25) is 0 Å². The molecule has 0 aliphatic rings. The minimum absolute atomic E-state index is 0.0694. The summed E-state index contributed by atoms with van der Waals surface area (Å²) in [6.45, 7) is 0. The van der Waals surface area contributed by atoms with E-state index < -0.39 is 28.7 Å². The molecule has 1 atom stereocenters. The van der Waals surface area contributed by atoms with Crippen molar-refractivity contribution in [1.29, 1.82) is 0 Å². The third-order valence-corrected chi connectivity index (χ3v) is 3.69. The predicted molar refractivity (Wildman–Crippen MR) is 90.9 cm³/mol. The second-order valence-electron chi connectivity index (χ2n) is 5.54. The number of hydrogen-bond donors (Lipinski definition) is 1. The number of hydrogen-bond acceptors (Lipinski definition) is 5. The van der Waals surface area contributed by atoms with Crippen LogP contribution in [0.25, 0.3) is 0 Å². The zero-order valence-electron chi connectivity index (χ0n) is 14.0. The van der Waals surface area contributed by atoms with E-state index in [1.165, 1.54) is 43.5 Å². The van der Waals surface area contributed by atoms with Gasteiger partial charge in [-0.15, -0.1) is 0 Å². The number of carbonyl (C=O) groups excluding carboxylic acids is 2. The molecule has 2 aromatic carbocycles. The standard InChI is InChI=1S/C18H17FN2O5/c1-26-18(23)16(11-13-6-2-3-8-15(13)19)20-17(22)10-12-5-4-7-14(9-12)21(24)25/h2-9,16H,10-11H2,1H3,(H,20,22)/t16-/m1/s1. The van der Waals surface area contributed by atoms with Crippen LogP contribution in [0.15, 0.2) is 48.5 Å². The first-order valence-electron chi connectivity index (χ1n) is 7.74. The van der Waals surface area contributed by atoms with E-state index in [-0.39, 0.29) is 24.1 Å². The number of halogens is 1. The number of non-ortho nitro benzene ring substituents is 1. The molecular weight excluding hydrogens is 343 g/mol. The Morgan fingerprint density at radius 3 is 2.62 bits per heavy atom. The molecule has 0 fully saturated rings. The number of methoxy groups -OCH3 is 1. The summed E-state index contributed by atoms with van der Waals surface area (Å²) in [5.74, 6) is -1.73. The normalized spacial score (nSPS) is 11.5. The van der Waals surface area contributed by atoms with Gasteiger partial charge >= 0.3 is 5.97 Å². The second-order valence-corrected chi connectivity index (χ2v) is 5.54. The average Bonchev–Trinajstić information content (AvgIpc) is 2.62. The number of carbonyl (C=O) groups is 2. The first kappa shape index (κ1) is 19.0. The maximum atomic E-state index is 13.8. The van der Waals surface area contributed by atoms with Crippen LogP contribution in [0.5, 0.6) is 0 Å². The van der Waals surface area contributed by atoms with Gasteiger partial charge in [-0.1, -0.05) is 30.3 Å². The molecule has 26 heavy (non-hydrogen) atoms. The van der Waals surface area contributed by atoms with Crippen molar-refractivity contribution in [2.24, 2.45) is 0 Å². The molecule has 7 nitrogen and oxygen atoms in total. The number of nitrogens with zero attached hydrogens (tertiary/aromatic N) is 1. The van der Waals surface area contributed by atoms with Crippen molar-refractivity contribution in [3.63, 3.8) is 0 Å². The van der Waals surface area contributed by atoms with Crippen molar-refractivity contribution < 1.29 is 23.6 Å². The maximum absolute atomic E-state index is 13.8. The van der Waals surface area contributed by atoms with Gasteiger partial charge in [0.1, 0.15) is 11.9 Å². The van der Waals surface area contributed by atoms with Crippen LogP contribution in [0.1, 0.15) is 11.1 Å². The average molecular weight is 360 g/mol. The number of rotatable bonds is 7. The lowest BCUT2D eigenvalue weighted by atomic mass is 10.0. The van der Waals surface area contributed by atoms with Gasteiger partial charge in [0.15, 0.2) is 0 Å². The van der Waals surface area contributed by atoms with Crippen LogP contribution < -0.4 is 5.32 Å². The minimum atomic E-state index is -1.07. The summed E-state index contributed by atoms with van der Waals surface area (Å²) in [4.78, 5) is 34.4. The van der Waals surface area contributed by atoms with E-state index in [0.717, 1.165) is 0 Å². The molecule has 0 heterocycles. The summed E-state index contributed by atoms with van der Waals surface area (Å²) in [7, 11) is 1.17. The number of amides is 1. The quantitative estimate of drug-likeness (QED) is 0.464. The lowest BCUT2D eigenvalue weighted by Crippen LogP contribution is -2.43. The Hall–Kier alpha value is -3.29. The van der Waals surface area contributed by atoms with Crippen LogP contribution in [0, 0.1) is 15.9 Å². The zero-order valence-corrected chi connectivity index (χ0v) is 14.0. The SMILES string of the molecule is COC(=O)[C@@H](Cc1ccccc1F)NC(=O)Cc1cccc([N+](=O)[O-])c1. The Bertz CT molecular complexity index is 825. The Morgan fingerprint density at radius 2 is 1.96 bits per heavy atom. The molecule has 1 N–H and O–H groups in total. The monoisotopic (exact) mass is 360 g/mol. The summed E-state index contributed by atoms with van der Waals surface area (Å²) in [5, 5.41) is 13.3. The fraction of sp³-hybridized carbons (Fsp3) is 0.222. The number of nitro groups is 1. The molecule has 0 aliphatic heterocycles. The molecule has 0 bridgehead atoms. The van der Waals surface area contributed by atoms with E-state index in [1.54, 1.807) is 12.1 Å². The Morgan fingerprint density at radius 1 is 1.23 bits per heavy atom. The number of nitrogens with one attached hydrogen (secondary N) is 1. The number of benzene rings is 2. The summed E-state index contributed by atoms with van der Waals surface area (Å²) >= 11 is 0. The Labute approximate surface area is 148 Å². The molecule has 0 aromatic heterocycles. The number of ether oxygens (including phenoxy) is 1. The summed E-state index contributed by atoms with van der Waals surface area (Å²) in [6, 6.07) is 10.5. The van der Waals surface area contributed by atoms with Crippen LogP contribution >= 0.6 is 0 Å². The van der Waals surface area contributed by atoms with Crippen LogP contribution in [0.4, 0.5) is 10.1 Å². The van der Waals surface area contributed by atoms with Crippen molar-refractivity contribution in [1.82, 2.24) is 5.32 Å². The van der Waals surface area contributed by atoms with Gasteiger partial charge in [0.25, 0.3) is 5.69 Å². The van der Waals surface area contributed by atoms with Gasteiger partial charge < -0.3 is 10.1 Å². The van der Waals surface area contributed by atoms with Gasteiger partial charge in [0.05, 0.1) is 18.5 Å². The van der Waals surface area contributed by atoms with Gasteiger partial charge in [-0.3, -0.25) is 14.9 Å². The molecule has 0 saturated carbocycles. The smallest absolute Gasteiger partial charge is 0.328 e. The van der Waals surface area contributed by atoms with Crippen molar-refractivity contribution in [3.8, 4) is 0 Å². The van der Waals surface area contributed by atoms with E-state index in [0.29, 0.717) is 5.56 Å². The van der Waals surface area contributed by atoms with Gasteiger partial charge in [-0.25, -0.2) is 9.18 Å². The molecule has 136 valence electrons. The molecule has 0 spiro atoms. The molecule has 1 amide bonds. The largest absolute Gasteiger partial charge is 0.467 e. The third kappa shape index (κ3) is 5.10. The van der Waals surface area contributed by atoms with Gasteiger partial charge in [0.2, 0.25) is 5.91 Å². The van der Waals surface area contributed by atoms with Gasteiger partial charge in [-0.05, 0) is 17.2 Å². The Kier molecular flexibility index (Phi) is 6.37. The highest BCUT2D eigenvalue weighted by Crippen LogP contribution is 2.14. The second kappa shape index (κ2) is 8.70. The molecule has 0 unspecified atom stereocenters. The number of esters is 1. The first-order valence-corrected chi connectivity index (χ1v) is 7.74. The van der Waals surface area contributed by atoms with Crippen LogP contribution in [-0.4, -0.2) is 30.0 Å². The molecule has 2 aromatic rings. The topological polar surface area (TPSA) is 98.5 Å². The van der Waals surface area contributed by atoms with Crippen LogP contribution in [-0.2, 0) is 27.2 Å². The highest BCUT2D eigenvalue weighted by molar-refractivity contribution is 5.85. The zero-order chi connectivity index (χ0) is 19.1. The van der Waals surface area contributed by atoms with Crippen molar-refractivity contribution in [2.45, 2.75) is 18.9 Å². The van der Waals surface area contributed by atoms with Crippen molar-refractivity contribution >= 4 is 17.6 Å². The number of nitro benzene ring substituents is 1. The molecule has 2 rings (SSSR count). The van der Waals surface area contributed by atoms with E-state index in [9.17, 15) is 24.1 Å². The molecule has 0 saturated heterocycles. The fourth-order valence-corrected chi connectivity index (χ4v) is 2.43. The Balaban J connectivity index is 2.09. The van der Waals surface area contributed by atoms with Crippen molar-refractivity contribution in [3.05, 3.63) is 75.6 Å². The maximum Gasteiger partial charge on any atom is 0.328 e. The van der Waals surface area contributed by atoms with Crippen LogP contribution in [0.3, 0.4) is 0 Å².